The first-order chi connectivity index (χ1) is 8.42. The number of aliphatic hydroxyl groups excluding tert-OH is 2. The Morgan fingerprint density at radius 3 is 2.33 bits per heavy atom. The molecule has 0 amide bonds. The smallest absolute Gasteiger partial charge is 0.0774 e. The second-order valence-electron chi connectivity index (χ2n) is 5.67. The first kappa shape index (κ1) is 15.6. The van der Waals surface area contributed by atoms with Crippen LogP contribution in [0.15, 0.2) is 12.2 Å². The van der Waals surface area contributed by atoms with E-state index < -0.39 is 5.60 Å². The zero-order valence-corrected chi connectivity index (χ0v) is 11.6. The third-order valence-corrected chi connectivity index (χ3v) is 4.14. The average molecular weight is 257 g/mol. The quantitative estimate of drug-likeness (QED) is 0.615. The van der Waals surface area contributed by atoms with Gasteiger partial charge in [0.25, 0.3) is 0 Å². The molecule has 0 heterocycles. The van der Waals surface area contributed by atoms with Crippen molar-refractivity contribution in [2.24, 2.45) is 5.92 Å². The average Bonchev–Trinajstić information content (AvgIpc) is 2.28. The second kappa shape index (κ2) is 6.66. The topological polar surface area (TPSA) is 63.9 Å². The van der Waals surface area contributed by atoms with Crippen molar-refractivity contribution in [3.05, 3.63) is 12.2 Å². The summed E-state index contributed by atoms with van der Waals surface area (Å²) in [5, 5.41) is 28.8. The Balaban J connectivity index is 2.80. The molecule has 0 saturated heterocycles. The summed E-state index contributed by atoms with van der Waals surface area (Å²) in [6, 6.07) is -0.0211. The van der Waals surface area contributed by atoms with Gasteiger partial charge in [0.15, 0.2) is 0 Å². The Hall–Kier alpha value is -0.420. The summed E-state index contributed by atoms with van der Waals surface area (Å²) in [7, 11) is 0. The molecule has 3 N–H and O–H groups in total. The largest absolute Gasteiger partial charge is 0.395 e. The molecule has 4 heteroatoms. The fraction of sp³-hybridized carbons (Fsp3) is 0.857. The van der Waals surface area contributed by atoms with Crippen LogP contribution in [0.1, 0.15) is 33.1 Å². The molecule has 106 valence electrons. The Labute approximate surface area is 110 Å². The van der Waals surface area contributed by atoms with E-state index in [9.17, 15) is 5.11 Å². The molecule has 0 aromatic heterocycles. The van der Waals surface area contributed by atoms with Crippen LogP contribution in [0.4, 0.5) is 0 Å². The van der Waals surface area contributed by atoms with E-state index in [1.807, 2.05) is 18.7 Å². The van der Waals surface area contributed by atoms with Gasteiger partial charge in [0.2, 0.25) is 0 Å². The van der Waals surface area contributed by atoms with Crippen molar-refractivity contribution in [1.29, 1.82) is 0 Å². The minimum absolute atomic E-state index is 0.0211. The van der Waals surface area contributed by atoms with E-state index in [1.165, 1.54) is 0 Å². The maximum atomic E-state index is 10.5. The van der Waals surface area contributed by atoms with Crippen LogP contribution >= 0.6 is 0 Å². The lowest BCUT2D eigenvalue weighted by Gasteiger charge is -2.46. The highest BCUT2D eigenvalue weighted by atomic mass is 16.3. The van der Waals surface area contributed by atoms with Crippen molar-refractivity contribution in [1.82, 2.24) is 4.90 Å². The molecule has 1 aliphatic rings. The van der Waals surface area contributed by atoms with E-state index in [2.05, 4.69) is 6.58 Å². The molecule has 1 aliphatic carbocycles. The third kappa shape index (κ3) is 3.79. The lowest BCUT2D eigenvalue weighted by atomic mass is 9.73. The van der Waals surface area contributed by atoms with E-state index >= 15 is 0 Å². The predicted molar refractivity (Wildman–Crippen MR) is 72.3 cm³/mol. The summed E-state index contributed by atoms with van der Waals surface area (Å²) in [6.45, 7) is 8.97. The molecule has 0 aromatic carbocycles. The van der Waals surface area contributed by atoms with Crippen LogP contribution in [0, 0.1) is 5.92 Å². The molecule has 0 spiro atoms. The molecular weight excluding hydrogens is 230 g/mol. The Bertz CT molecular complexity index is 272. The number of allylic oxidation sites excluding steroid dienone is 1. The lowest BCUT2D eigenvalue weighted by molar-refractivity contribution is -0.0750. The van der Waals surface area contributed by atoms with Crippen molar-refractivity contribution >= 4 is 0 Å². The monoisotopic (exact) mass is 257 g/mol. The van der Waals surface area contributed by atoms with Crippen molar-refractivity contribution in [3.8, 4) is 0 Å². The van der Waals surface area contributed by atoms with Crippen LogP contribution in [0.3, 0.4) is 0 Å². The van der Waals surface area contributed by atoms with Gasteiger partial charge in [-0.3, -0.25) is 4.90 Å². The van der Waals surface area contributed by atoms with E-state index in [0.717, 1.165) is 24.8 Å². The van der Waals surface area contributed by atoms with Crippen LogP contribution < -0.4 is 0 Å². The fourth-order valence-electron chi connectivity index (χ4n) is 2.94. The van der Waals surface area contributed by atoms with Crippen molar-refractivity contribution in [2.75, 3.05) is 26.3 Å². The van der Waals surface area contributed by atoms with Gasteiger partial charge in [-0.25, -0.2) is 0 Å². The number of hydrogen-bond donors (Lipinski definition) is 3. The summed E-state index contributed by atoms with van der Waals surface area (Å²) >= 11 is 0. The van der Waals surface area contributed by atoms with Gasteiger partial charge in [-0.1, -0.05) is 12.2 Å². The molecule has 18 heavy (non-hydrogen) atoms. The normalized spacial score (nSPS) is 32.8. The molecule has 1 rings (SSSR count). The summed E-state index contributed by atoms with van der Waals surface area (Å²) in [6.07, 6.45) is 2.55. The number of rotatable bonds is 6. The van der Waals surface area contributed by atoms with E-state index in [4.69, 9.17) is 10.2 Å². The standard InChI is InChI=1S/C14H27NO3/c1-11(2)12-4-5-14(3,18)13(10-12)15(6-8-16)7-9-17/h12-13,16-18H,1,4-10H2,2-3H3/t12-,13+,14+/m0/s1. The summed E-state index contributed by atoms with van der Waals surface area (Å²) < 4.78 is 0. The van der Waals surface area contributed by atoms with E-state index in [1.54, 1.807) is 0 Å². The Kier molecular flexibility index (Phi) is 5.79. The predicted octanol–water partition coefficient (Wildman–Crippen LogP) is 0.769. The van der Waals surface area contributed by atoms with Gasteiger partial charge in [0.1, 0.15) is 0 Å². The first-order valence-corrected chi connectivity index (χ1v) is 6.76. The highest BCUT2D eigenvalue weighted by Gasteiger charge is 2.41. The molecule has 0 aromatic rings. The Morgan fingerprint density at radius 2 is 1.89 bits per heavy atom. The van der Waals surface area contributed by atoms with Crippen LogP contribution in [0.2, 0.25) is 0 Å². The molecule has 4 nitrogen and oxygen atoms in total. The molecule has 0 unspecified atom stereocenters. The minimum Gasteiger partial charge on any atom is -0.395 e. The van der Waals surface area contributed by atoms with Crippen molar-refractivity contribution in [3.63, 3.8) is 0 Å². The van der Waals surface area contributed by atoms with Crippen molar-refractivity contribution in [2.45, 2.75) is 44.8 Å². The zero-order chi connectivity index (χ0) is 13.8. The highest BCUT2D eigenvalue weighted by Crippen LogP contribution is 2.37. The van der Waals surface area contributed by atoms with E-state index in [-0.39, 0.29) is 19.3 Å². The molecular formula is C14H27NO3. The molecule has 1 saturated carbocycles. The highest BCUT2D eigenvalue weighted by molar-refractivity contribution is 5.05. The molecule has 1 fully saturated rings. The van der Waals surface area contributed by atoms with Gasteiger partial charge in [-0.05, 0) is 39.0 Å². The van der Waals surface area contributed by atoms with Gasteiger partial charge < -0.3 is 15.3 Å². The van der Waals surface area contributed by atoms with E-state index in [0.29, 0.717) is 19.0 Å². The third-order valence-electron chi connectivity index (χ3n) is 4.14. The SMILES string of the molecule is C=C(C)[C@H]1CC[C@@](C)(O)[C@H](N(CCO)CCO)C1. The molecule has 0 bridgehead atoms. The summed E-state index contributed by atoms with van der Waals surface area (Å²) in [5.41, 5.74) is 0.402. The van der Waals surface area contributed by atoms with Gasteiger partial charge in [0, 0.05) is 19.1 Å². The van der Waals surface area contributed by atoms with Gasteiger partial charge >= 0.3 is 0 Å². The summed E-state index contributed by atoms with van der Waals surface area (Å²) in [5.74, 6) is 0.426. The Morgan fingerprint density at radius 1 is 1.33 bits per heavy atom. The maximum Gasteiger partial charge on any atom is 0.0774 e. The van der Waals surface area contributed by atoms with Gasteiger partial charge in [-0.15, -0.1) is 0 Å². The number of hydrogen-bond acceptors (Lipinski definition) is 4. The second-order valence-corrected chi connectivity index (χ2v) is 5.67. The van der Waals surface area contributed by atoms with Gasteiger partial charge in [0.05, 0.1) is 18.8 Å². The summed E-state index contributed by atoms with van der Waals surface area (Å²) in [4.78, 5) is 2.00. The minimum atomic E-state index is -0.754. The first-order valence-electron chi connectivity index (χ1n) is 6.76. The zero-order valence-electron chi connectivity index (χ0n) is 11.6. The van der Waals surface area contributed by atoms with Crippen LogP contribution in [-0.2, 0) is 0 Å². The van der Waals surface area contributed by atoms with Crippen molar-refractivity contribution < 1.29 is 15.3 Å². The van der Waals surface area contributed by atoms with Crippen LogP contribution in [0.5, 0.6) is 0 Å². The lowest BCUT2D eigenvalue weighted by Crippen LogP contribution is -2.55. The molecule has 3 atom stereocenters. The molecule has 0 radical (unpaired) electrons. The van der Waals surface area contributed by atoms with Crippen LogP contribution in [0.25, 0.3) is 0 Å². The number of nitrogens with zero attached hydrogens (tertiary/aromatic N) is 1. The maximum absolute atomic E-state index is 10.5. The number of aliphatic hydroxyl groups is 3. The fourth-order valence-corrected chi connectivity index (χ4v) is 2.94. The van der Waals surface area contributed by atoms with Crippen LogP contribution in [-0.4, -0.2) is 58.2 Å². The molecule has 0 aliphatic heterocycles. The van der Waals surface area contributed by atoms with Gasteiger partial charge in [-0.2, -0.15) is 0 Å².